The number of thiocarbonyl (C=S) groups is 1. The highest BCUT2D eigenvalue weighted by atomic mass is 32.1. The van der Waals surface area contributed by atoms with Crippen LogP contribution in [0.4, 0.5) is 0 Å². The zero-order valence-corrected chi connectivity index (χ0v) is 12.5. The van der Waals surface area contributed by atoms with Crippen LogP contribution >= 0.6 is 12.2 Å². The van der Waals surface area contributed by atoms with E-state index in [4.69, 9.17) is 18.0 Å². The van der Waals surface area contributed by atoms with Crippen molar-refractivity contribution in [2.45, 2.75) is 65.3 Å². The van der Waals surface area contributed by atoms with Crippen LogP contribution in [0, 0.1) is 5.41 Å². The molecule has 2 nitrogen and oxygen atoms in total. The van der Waals surface area contributed by atoms with Crippen LogP contribution in [0.15, 0.2) is 0 Å². The molecule has 1 aliphatic rings. The van der Waals surface area contributed by atoms with Crippen molar-refractivity contribution >= 4 is 17.2 Å². The minimum absolute atomic E-state index is 0.434. The third-order valence-electron chi connectivity index (χ3n) is 4.06. The average molecular weight is 256 g/mol. The Balaban J connectivity index is 2.50. The SMILES string of the molecule is CCCCN(CC1(CC(N)=S)CC1)C(C)CC. The predicted molar refractivity (Wildman–Crippen MR) is 79.3 cm³/mol. The minimum atomic E-state index is 0.434. The largest absolute Gasteiger partial charge is 0.393 e. The first kappa shape index (κ1) is 14.9. The standard InChI is InChI=1S/C14H28N2S/c1-4-6-9-16(12(3)5-2)11-14(7-8-14)10-13(15)17/h12H,4-11H2,1-3H3,(H2,15,17). The van der Waals surface area contributed by atoms with E-state index in [1.54, 1.807) is 0 Å². The van der Waals surface area contributed by atoms with Gasteiger partial charge in [0.1, 0.15) is 0 Å². The fraction of sp³-hybridized carbons (Fsp3) is 0.929. The molecule has 1 rings (SSSR count). The summed E-state index contributed by atoms with van der Waals surface area (Å²) in [6.45, 7) is 9.30. The van der Waals surface area contributed by atoms with Crippen molar-refractivity contribution in [1.82, 2.24) is 4.90 Å². The van der Waals surface area contributed by atoms with Gasteiger partial charge in [-0.2, -0.15) is 0 Å². The van der Waals surface area contributed by atoms with Crippen LogP contribution in [0.1, 0.15) is 59.3 Å². The fourth-order valence-electron chi connectivity index (χ4n) is 2.44. The van der Waals surface area contributed by atoms with Gasteiger partial charge in [0.2, 0.25) is 0 Å². The van der Waals surface area contributed by atoms with Gasteiger partial charge in [-0.25, -0.2) is 0 Å². The molecule has 3 heteroatoms. The van der Waals surface area contributed by atoms with Crippen LogP contribution in [0.2, 0.25) is 0 Å². The molecule has 1 fully saturated rings. The van der Waals surface area contributed by atoms with Gasteiger partial charge in [0.05, 0.1) is 4.99 Å². The molecule has 0 spiro atoms. The van der Waals surface area contributed by atoms with E-state index in [9.17, 15) is 0 Å². The molecule has 0 aliphatic heterocycles. The molecule has 0 heterocycles. The van der Waals surface area contributed by atoms with Crippen LogP contribution < -0.4 is 5.73 Å². The van der Waals surface area contributed by atoms with E-state index in [0.717, 1.165) is 6.42 Å². The molecule has 0 radical (unpaired) electrons. The molecular weight excluding hydrogens is 228 g/mol. The summed E-state index contributed by atoms with van der Waals surface area (Å²) >= 11 is 5.08. The maximum atomic E-state index is 5.72. The molecule has 17 heavy (non-hydrogen) atoms. The van der Waals surface area contributed by atoms with Crippen molar-refractivity contribution in [2.24, 2.45) is 11.1 Å². The first-order chi connectivity index (χ1) is 8.03. The summed E-state index contributed by atoms with van der Waals surface area (Å²) in [5.41, 5.74) is 6.15. The lowest BCUT2D eigenvalue weighted by atomic mass is 10.00. The van der Waals surface area contributed by atoms with E-state index < -0.39 is 0 Å². The Hall–Kier alpha value is -0.150. The molecule has 1 saturated carbocycles. The lowest BCUT2D eigenvalue weighted by Crippen LogP contribution is -2.39. The lowest BCUT2D eigenvalue weighted by molar-refractivity contribution is 0.163. The summed E-state index contributed by atoms with van der Waals surface area (Å²) in [6.07, 6.45) is 7.36. The number of hydrogen-bond donors (Lipinski definition) is 1. The van der Waals surface area contributed by atoms with Gasteiger partial charge < -0.3 is 10.6 Å². The molecule has 0 aromatic carbocycles. The summed E-state index contributed by atoms with van der Waals surface area (Å²) in [4.78, 5) is 3.34. The number of rotatable bonds is 9. The van der Waals surface area contributed by atoms with Gasteiger partial charge in [-0.1, -0.05) is 32.5 Å². The maximum Gasteiger partial charge on any atom is 0.0733 e. The van der Waals surface area contributed by atoms with Crippen molar-refractivity contribution in [1.29, 1.82) is 0 Å². The Morgan fingerprint density at radius 3 is 2.47 bits per heavy atom. The third-order valence-corrected chi connectivity index (χ3v) is 4.20. The molecule has 100 valence electrons. The Labute approximate surface area is 112 Å². The van der Waals surface area contributed by atoms with E-state index in [-0.39, 0.29) is 0 Å². The van der Waals surface area contributed by atoms with Crippen LogP contribution in [-0.4, -0.2) is 29.0 Å². The van der Waals surface area contributed by atoms with Gasteiger partial charge >= 0.3 is 0 Å². The highest BCUT2D eigenvalue weighted by molar-refractivity contribution is 7.80. The molecule has 0 aromatic heterocycles. The number of unbranched alkanes of at least 4 members (excludes halogenated alkanes) is 1. The number of hydrogen-bond acceptors (Lipinski definition) is 2. The third kappa shape index (κ3) is 4.92. The topological polar surface area (TPSA) is 29.3 Å². The van der Waals surface area contributed by atoms with Crippen molar-refractivity contribution in [2.75, 3.05) is 13.1 Å². The molecule has 0 aromatic rings. The second-order valence-corrected chi connectivity index (χ2v) is 6.25. The van der Waals surface area contributed by atoms with Gasteiger partial charge in [-0.15, -0.1) is 0 Å². The Morgan fingerprint density at radius 1 is 1.41 bits per heavy atom. The van der Waals surface area contributed by atoms with Gasteiger partial charge in [0, 0.05) is 19.0 Å². The van der Waals surface area contributed by atoms with Crippen LogP contribution in [-0.2, 0) is 0 Å². The first-order valence-corrected chi connectivity index (χ1v) is 7.46. The van der Waals surface area contributed by atoms with Crippen molar-refractivity contribution in [3.8, 4) is 0 Å². The van der Waals surface area contributed by atoms with E-state index in [1.807, 2.05) is 0 Å². The highest BCUT2D eigenvalue weighted by Crippen LogP contribution is 2.49. The molecule has 0 saturated heterocycles. The van der Waals surface area contributed by atoms with E-state index in [0.29, 0.717) is 16.4 Å². The number of nitrogens with zero attached hydrogens (tertiary/aromatic N) is 1. The van der Waals surface area contributed by atoms with E-state index in [2.05, 4.69) is 25.7 Å². The normalized spacial score (nSPS) is 19.3. The Kier molecular flexibility index (Phi) is 5.87. The van der Waals surface area contributed by atoms with Gasteiger partial charge in [-0.05, 0) is 44.6 Å². The minimum Gasteiger partial charge on any atom is -0.393 e. The molecule has 1 atom stereocenters. The van der Waals surface area contributed by atoms with Crippen LogP contribution in [0.3, 0.4) is 0 Å². The molecule has 1 aliphatic carbocycles. The summed E-state index contributed by atoms with van der Waals surface area (Å²) in [7, 11) is 0. The smallest absolute Gasteiger partial charge is 0.0733 e. The first-order valence-electron chi connectivity index (χ1n) is 7.05. The maximum absolute atomic E-state index is 5.72. The van der Waals surface area contributed by atoms with E-state index in [1.165, 1.54) is 45.2 Å². The van der Waals surface area contributed by atoms with Gasteiger partial charge in [-0.3, -0.25) is 0 Å². The highest BCUT2D eigenvalue weighted by Gasteiger charge is 2.44. The van der Waals surface area contributed by atoms with Gasteiger partial charge in [0.25, 0.3) is 0 Å². The van der Waals surface area contributed by atoms with Crippen molar-refractivity contribution < 1.29 is 0 Å². The summed E-state index contributed by atoms with van der Waals surface area (Å²) in [5.74, 6) is 0. The summed E-state index contributed by atoms with van der Waals surface area (Å²) in [6, 6.07) is 0.686. The molecule has 0 bridgehead atoms. The van der Waals surface area contributed by atoms with Crippen molar-refractivity contribution in [3.05, 3.63) is 0 Å². The summed E-state index contributed by atoms with van der Waals surface area (Å²) < 4.78 is 0. The zero-order chi connectivity index (χ0) is 12.9. The van der Waals surface area contributed by atoms with Crippen molar-refractivity contribution in [3.63, 3.8) is 0 Å². The summed E-state index contributed by atoms with van der Waals surface area (Å²) in [5, 5.41) is 0. The van der Waals surface area contributed by atoms with Gasteiger partial charge in [0.15, 0.2) is 0 Å². The quantitative estimate of drug-likeness (QED) is 0.642. The molecule has 0 amide bonds. The van der Waals surface area contributed by atoms with Crippen LogP contribution in [0.5, 0.6) is 0 Å². The fourth-order valence-corrected chi connectivity index (χ4v) is 2.75. The molecule has 1 unspecified atom stereocenters. The predicted octanol–water partition coefficient (Wildman–Crippen LogP) is 3.34. The number of nitrogens with two attached hydrogens (primary N) is 1. The molecular formula is C14H28N2S. The Morgan fingerprint density at radius 2 is 2.06 bits per heavy atom. The second-order valence-electron chi connectivity index (χ2n) is 5.72. The second kappa shape index (κ2) is 6.69. The zero-order valence-electron chi connectivity index (χ0n) is 11.7. The monoisotopic (exact) mass is 256 g/mol. The average Bonchev–Trinajstić information content (AvgIpc) is 3.02. The Bertz CT molecular complexity index is 249. The molecule has 2 N–H and O–H groups in total. The van der Waals surface area contributed by atoms with Crippen LogP contribution in [0.25, 0.3) is 0 Å². The lowest BCUT2D eigenvalue weighted by Gasteiger charge is -2.32. The van der Waals surface area contributed by atoms with E-state index >= 15 is 0 Å².